The molecule has 1 unspecified atom stereocenters. The zero-order valence-electron chi connectivity index (χ0n) is 21.4. The second-order valence-electron chi connectivity index (χ2n) is 11.0. The van der Waals surface area contributed by atoms with Crippen molar-refractivity contribution in [3.8, 4) is 0 Å². The number of anilines is 2. The van der Waals surface area contributed by atoms with Crippen LogP contribution in [0, 0.1) is 11.8 Å². The largest absolute Gasteiger partial charge is 0.309 e. The lowest BCUT2D eigenvalue weighted by Gasteiger charge is -2.32. The predicted molar refractivity (Wildman–Crippen MR) is 143 cm³/mol. The molecule has 9 nitrogen and oxygen atoms in total. The van der Waals surface area contributed by atoms with E-state index in [4.69, 9.17) is 0 Å². The first-order valence-corrected chi connectivity index (χ1v) is 15.0. The number of carbonyl (C=O) groups excluding carboxylic acids is 2. The minimum Gasteiger partial charge on any atom is -0.309 e. The van der Waals surface area contributed by atoms with Gasteiger partial charge >= 0.3 is 0 Å². The van der Waals surface area contributed by atoms with Crippen molar-refractivity contribution in [1.82, 2.24) is 13.9 Å². The Morgan fingerprint density at radius 2 is 1.63 bits per heavy atom. The number of amides is 2. The van der Waals surface area contributed by atoms with Crippen LogP contribution < -0.4 is 9.80 Å². The van der Waals surface area contributed by atoms with Crippen LogP contribution in [0.3, 0.4) is 0 Å². The number of hydrogen-bond acceptors (Lipinski definition) is 5. The summed E-state index contributed by atoms with van der Waals surface area (Å²) in [7, 11) is -3.69. The molecule has 1 aromatic heterocycles. The van der Waals surface area contributed by atoms with Gasteiger partial charge in [-0.3, -0.25) is 14.5 Å². The minimum absolute atomic E-state index is 0.0306. The maximum atomic E-state index is 13.5. The number of carbonyl (C=O) groups is 2. The molecule has 1 atom stereocenters. The Hall–Kier alpha value is -3.24. The molecular weight excluding hydrogens is 502 g/mol. The van der Waals surface area contributed by atoms with Crippen molar-refractivity contribution < 1.29 is 18.0 Å². The van der Waals surface area contributed by atoms with E-state index >= 15 is 0 Å². The van der Waals surface area contributed by atoms with Gasteiger partial charge in [0.05, 0.1) is 15.9 Å². The van der Waals surface area contributed by atoms with Gasteiger partial charge in [0.1, 0.15) is 0 Å². The number of sulfonamides is 1. The van der Waals surface area contributed by atoms with Gasteiger partial charge < -0.3 is 9.47 Å². The molecule has 2 fully saturated rings. The van der Waals surface area contributed by atoms with Crippen LogP contribution in [0.25, 0.3) is 11.0 Å². The summed E-state index contributed by atoms with van der Waals surface area (Å²) in [5.74, 6) is 0.772. The second-order valence-corrected chi connectivity index (χ2v) is 13.0. The number of fused-ring (bicyclic) bond motifs is 4. The van der Waals surface area contributed by atoms with Crippen LogP contribution in [0.5, 0.6) is 0 Å². The highest BCUT2D eigenvalue weighted by Crippen LogP contribution is 2.40. The molecule has 1 saturated heterocycles. The van der Waals surface area contributed by atoms with E-state index in [2.05, 4.69) is 9.55 Å². The quantitative estimate of drug-likeness (QED) is 0.513. The SMILES string of the molecule is CC1Cc2cc(S(=O)(=O)N3CCC(C(=O)N4CCn5c4nc4ccccc45)CC3)ccc2N1C(=O)C1CC1. The number of nitrogens with zero attached hydrogens (tertiary/aromatic N) is 5. The molecule has 4 heterocycles. The molecule has 2 aromatic carbocycles. The van der Waals surface area contributed by atoms with Crippen molar-refractivity contribution in [2.24, 2.45) is 11.8 Å². The van der Waals surface area contributed by atoms with Crippen LogP contribution in [0.2, 0.25) is 0 Å². The molecule has 0 spiro atoms. The topological polar surface area (TPSA) is 95.8 Å². The molecule has 4 aliphatic rings. The Morgan fingerprint density at radius 3 is 2.39 bits per heavy atom. The van der Waals surface area contributed by atoms with Crippen LogP contribution in [-0.4, -0.2) is 59.8 Å². The van der Waals surface area contributed by atoms with E-state index in [0.29, 0.717) is 44.8 Å². The number of benzene rings is 2. The molecule has 0 radical (unpaired) electrons. The maximum absolute atomic E-state index is 13.5. The first-order chi connectivity index (χ1) is 18.3. The van der Waals surface area contributed by atoms with E-state index in [9.17, 15) is 18.0 Å². The Morgan fingerprint density at radius 1 is 0.895 bits per heavy atom. The molecule has 0 bridgehead atoms. The van der Waals surface area contributed by atoms with Gasteiger partial charge in [-0.25, -0.2) is 13.4 Å². The van der Waals surface area contributed by atoms with Gasteiger partial charge in [-0.2, -0.15) is 4.31 Å². The van der Waals surface area contributed by atoms with E-state index in [0.717, 1.165) is 41.7 Å². The monoisotopic (exact) mass is 533 g/mol. The minimum atomic E-state index is -3.69. The highest BCUT2D eigenvalue weighted by molar-refractivity contribution is 7.89. The highest BCUT2D eigenvalue weighted by Gasteiger charge is 2.41. The lowest BCUT2D eigenvalue weighted by Crippen LogP contribution is -2.44. The molecule has 1 saturated carbocycles. The Labute approximate surface area is 222 Å². The molecular formula is C28H31N5O4S. The summed E-state index contributed by atoms with van der Waals surface area (Å²) >= 11 is 0. The molecule has 38 heavy (non-hydrogen) atoms. The lowest BCUT2D eigenvalue weighted by atomic mass is 9.96. The lowest BCUT2D eigenvalue weighted by molar-refractivity contribution is -0.123. The molecule has 2 amide bonds. The van der Waals surface area contributed by atoms with Crippen LogP contribution in [0.4, 0.5) is 11.6 Å². The predicted octanol–water partition coefficient (Wildman–Crippen LogP) is 3.17. The summed E-state index contributed by atoms with van der Waals surface area (Å²) < 4.78 is 30.7. The molecule has 10 heteroatoms. The summed E-state index contributed by atoms with van der Waals surface area (Å²) in [5, 5.41) is 0. The number of rotatable bonds is 4. The van der Waals surface area contributed by atoms with E-state index in [-0.39, 0.29) is 34.6 Å². The third-order valence-electron chi connectivity index (χ3n) is 8.56. The number of aromatic nitrogens is 2. The molecule has 7 rings (SSSR count). The zero-order chi connectivity index (χ0) is 26.2. The number of imidazole rings is 1. The Bertz CT molecular complexity index is 1570. The van der Waals surface area contributed by atoms with E-state index in [1.54, 1.807) is 23.1 Å². The standard InChI is InChI=1S/C28H31N5O4S/c1-18-16-21-17-22(8-9-24(21)33(18)27(35)19-6-7-19)38(36,37)30-12-10-20(11-13-30)26(34)32-15-14-31-25-5-3-2-4-23(25)29-28(31)32/h2-5,8-9,17-20H,6-7,10-16H2,1H3. The number of hydrogen-bond donors (Lipinski definition) is 0. The number of para-hydroxylation sites is 2. The van der Waals surface area contributed by atoms with Gasteiger partial charge in [0.15, 0.2) is 0 Å². The van der Waals surface area contributed by atoms with Crippen LogP contribution in [0.15, 0.2) is 47.4 Å². The average Bonchev–Trinajstić information content (AvgIpc) is 3.48. The summed E-state index contributed by atoms with van der Waals surface area (Å²) in [4.78, 5) is 34.8. The van der Waals surface area contributed by atoms with Gasteiger partial charge in [-0.15, -0.1) is 0 Å². The van der Waals surface area contributed by atoms with Crippen molar-refractivity contribution in [2.45, 2.75) is 56.5 Å². The van der Waals surface area contributed by atoms with Gasteiger partial charge in [-0.1, -0.05) is 12.1 Å². The Kier molecular flexibility index (Phi) is 5.42. The van der Waals surface area contributed by atoms with Crippen LogP contribution in [-0.2, 0) is 32.6 Å². The second kappa shape index (κ2) is 8.64. The van der Waals surface area contributed by atoms with Crippen molar-refractivity contribution in [1.29, 1.82) is 0 Å². The van der Waals surface area contributed by atoms with Gasteiger partial charge in [0, 0.05) is 49.7 Å². The summed E-state index contributed by atoms with van der Waals surface area (Å²) in [5.41, 5.74) is 3.66. The normalized spacial score (nSPS) is 22.2. The Balaban J connectivity index is 1.05. The van der Waals surface area contributed by atoms with Crippen LogP contribution >= 0.6 is 0 Å². The maximum Gasteiger partial charge on any atom is 0.243 e. The molecule has 0 N–H and O–H groups in total. The van der Waals surface area contributed by atoms with E-state index in [1.165, 1.54) is 4.31 Å². The summed E-state index contributed by atoms with van der Waals surface area (Å²) in [6.07, 6.45) is 3.52. The van der Waals surface area contributed by atoms with Crippen LogP contribution in [0.1, 0.15) is 38.2 Å². The summed E-state index contributed by atoms with van der Waals surface area (Å²) in [6.45, 7) is 3.95. The fourth-order valence-electron chi connectivity index (χ4n) is 6.34. The average molecular weight is 534 g/mol. The fraction of sp³-hybridized carbons (Fsp3) is 0.464. The molecule has 1 aliphatic carbocycles. The van der Waals surface area contributed by atoms with Gasteiger partial charge in [0.2, 0.25) is 27.8 Å². The molecule has 3 aliphatic heterocycles. The fourth-order valence-corrected chi connectivity index (χ4v) is 7.86. The van der Waals surface area contributed by atoms with Gasteiger partial charge in [-0.05, 0) is 74.9 Å². The third-order valence-corrected chi connectivity index (χ3v) is 10.5. The van der Waals surface area contributed by atoms with E-state index in [1.807, 2.05) is 36.1 Å². The first kappa shape index (κ1) is 23.8. The molecule has 198 valence electrons. The third kappa shape index (κ3) is 3.68. The van der Waals surface area contributed by atoms with Crippen molar-refractivity contribution in [2.75, 3.05) is 29.4 Å². The van der Waals surface area contributed by atoms with Crippen molar-refractivity contribution in [3.05, 3.63) is 48.0 Å². The zero-order valence-corrected chi connectivity index (χ0v) is 22.2. The van der Waals surface area contributed by atoms with E-state index < -0.39 is 10.0 Å². The highest BCUT2D eigenvalue weighted by atomic mass is 32.2. The first-order valence-electron chi connectivity index (χ1n) is 13.6. The smallest absolute Gasteiger partial charge is 0.243 e. The van der Waals surface area contributed by atoms with Crippen molar-refractivity contribution >= 4 is 44.5 Å². The number of piperidine rings is 1. The van der Waals surface area contributed by atoms with Gasteiger partial charge in [0.25, 0.3) is 0 Å². The molecule has 3 aromatic rings. The van der Waals surface area contributed by atoms with Crippen molar-refractivity contribution in [3.63, 3.8) is 0 Å². The summed E-state index contributed by atoms with van der Waals surface area (Å²) in [6, 6.07) is 13.1.